The average Bonchev–Trinajstić information content (AvgIpc) is 2.58. The third-order valence-electron chi connectivity index (χ3n) is 7.35. The van der Waals surface area contributed by atoms with Gasteiger partial charge in [-0.05, 0) is 79.0 Å². The number of rotatable bonds is 4. The van der Waals surface area contributed by atoms with E-state index in [2.05, 4.69) is 48.6 Å². The summed E-state index contributed by atoms with van der Waals surface area (Å²) in [5, 5.41) is 16.6. The van der Waals surface area contributed by atoms with Gasteiger partial charge in [0, 0.05) is 6.42 Å². The van der Waals surface area contributed by atoms with Gasteiger partial charge in [-0.25, -0.2) is 0 Å². The van der Waals surface area contributed by atoms with Crippen molar-refractivity contribution in [3.05, 3.63) is 48.0 Å². The van der Waals surface area contributed by atoms with Crippen LogP contribution in [-0.2, 0) is 4.79 Å². The fourth-order valence-electron chi connectivity index (χ4n) is 6.95. The first-order chi connectivity index (χ1) is 12.9. The summed E-state index contributed by atoms with van der Waals surface area (Å²) in [5.41, 5.74) is 0.707. The second-order valence-electron chi connectivity index (χ2n) is 9.72. The van der Waals surface area contributed by atoms with E-state index >= 15 is 0 Å². The van der Waals surface area contributed by atoms with E-state index in [1.54, 1.807) is 0 Å². The Morgan fingerprint density at radius 1 is 1.11 bits per heavy atom. The highest BCUT2D eigenvalue weighted by Crippen LogP contribution is 2.62. The van der Waals surface area contributed by atoms with Crippen LogP contribution < -0.4 is 5.32 Å². The lowest BCUT2D eigenvalue weighted by Gasteiger charge is -2.60. The summed E-state index contributed by atoms with van der Waals surface area (Å²) in [4.78, 5) is 13.0. The SMILES string of the molecule is CC(NC(=O)CC12CC3CC(CC(O)(C3)C1)C2)c1cccc2ccccc12. The Labute approximate surface area is 161 Å². The van der Waals surface area contributed by atoms with Gasteiger partial charge in [0.2, 0.25) is 5.91 Å². The predicted octanol–water partition coefficient (Wildman–Crippen LogP) is 4.74. The largest absolute Gasteiger partial charge is 0.390 e. The second-order valence-corrected chi connectivity index (χ2v) is 9.72. The Hall–Kier alpha value is -1.87. The molecule has 3 nitrogen and oxygen atoms in total. The normalized spacial score (nSPS) is 35.3. The summed E-state index contributed by atoms with van der Waals surface area (Å²) in [7, 11) is 0. The minimum Gasteiger partial charge on any atom is -0.390 e. The monoisotopic (exact) mass is 363 g/mol. The van der Waals surface area contributed by atoms with E-state index in [0.29, 0.717) is 18.3 Å². The van der Waals surface area contributed by atoms with Crippen LogP contribution in [0.2, 0.25) is 0 Å². The van der Waals surface area contributed by atoms with Gasteiger partial charge in [0.1, 0.15) is 0 Å². The topological polar surface area (TPSA) is 49.3 Å². The van der Waals surface area contributed by atoms with Crippen LogP contribution in [0.25, 0.3) is 10.8 Å². The predicted molar refractivity (Wildman–Crippen MR) is 107 cm³/mol. The maximum Gasteiger partial charge on any atom is 0.221 e. The lowest BCUT2D eigenvalue weighted by Crippen LogP contribution is -2.56. The van der Waals surface area contributed by atoms with Gasteiger partial charge in [0.05, 0.1) is 11.6 Å². The molecule has 0 radical (unpaired) electrons. The smallest absolute Gasteiger partial charge is 0.221 e. The molecule has 4 bridgehead atoms. The first-order valence-electron chi connectivity index (χ1n) is 10.4. The fraction of sp³-hybridized carbons (Fsp3) is 0.542. The van der Waals surface area contributed by atoms with E-state index in [1.165, 1.54) is 22.8 Å². The number of hydrogen-bond donors (Lipinski definition) is 2. The molecule has 2 aromatic carbocycles. The molecule has 4 fully saturated rings. The van der Waals surface area contributed by atoms with Gasteiger partial charge in [0.25, 0.3) is 0 Å². The highest BCUT2D eigenvalue weighted by Gasteiger charge is 2.57. The van der Waals surface area contributed by atoms with Gasteiger partial charge < -0.3 is 10.4 Å². The molecule has 4 aliphatic rings. The Balaban J connectivity index is 1.32. The third-order valence-corrected chi connectivity index (χ3v) is 7.35. The summed E-state index contributed by atoms with van der Waals surface area (Å²) in [6, 6.07) is 14.6. The van der Waals surface area contributed by atoms with E-state index in [-0.39, 0.29) is 17.4 Å². The number of benzene rings is 2. The van der Waals surface area contributed by atoms with Gasteiger partial charge in [-0.1, -0.05) is 42.5 Å². The fourth-order valence-corrected chi connectivity index (χ4v) is 6.95. The molecular weight excluding hydrogens is 334 g/mol. The van der Waals surface area contributed by atoms with Crippen molar-refractivity contribution in [3.8, 4) is 0 Å². The molecule has 0 aliphatic heterocycles. The highest BCUT2D eigenvalue weighted by atomic mass is 16.3. The molecule has 2 N–H and O–H groups in total. The quantitative estimate of drug-likeness (QED) is 0.824. The number of carbonyl (C=O) groups excluding carboxylic acids is 1. The molecule has 142 valence electrons. The van der Waals surface area contributed by atoms with Crippen molar-refractivity contribution in [3.63, 3.8) is 0 Å². The summed E-state index contributed by atoms with van der Waals surface area (Å²) in [6.45, 7) is 2.08. The van der Waals surface area contributed by atoms with Crippen LogP contribution >= 0.6 is 0 Å². The number of carbonyl (C=O) groups is 1. The summed E-state index contributed by atoms with van der Waals surface area (Å²) >= 11 is 0. The number of amides is 1. The van der Waals surface area contributed by atoms with Crippen molar-refractivity contribution in [1.82, 2.24) is 5.32 Å². The standard InChI is InChI=1S/C24H29NO2/c1-16(20-8-4-6-19-5-2-3-7-21(19)20)25-22(26)14-23-10-17-9-18(11-23)13-24(27,12-17)15-23/h2-8,16-18,27H,9-15H2,1H3,(H,25,26). The summed E-state index contributed by atoms with van der Waals surface area (Å²) < 4.78 is 0. The Morgan fingerprint density at radius 2 is 1.81 bits per heavy atom. The van der Waals surface area contributed by atoms with Gasteiger partial charge >= 0.3 is 0 Å². The van der Waals surface area contributed by atoms with Crippen molar-refractivity contribution >= 4 is 16.7 Å². The zero-order valence-electron chi connectivity index (χ0n) is 16.1. The van der Waals surface area contributed by atoms with Gasteiger partial charge in [-0.2, -0.15) is 0 Å². The molecule has 1 amide bonds. The van der Waals surface area contributed by atoms with Gasteiger partial charge in [-0.15, -0.1) is 0 Å². The Kier molecular flexibility index (Phi) is 3.87. The van der Waals surface area contributed by atoms with Crippen molar-refractivity contribution < 1.29 is 9.90 Å². The molecule has 3 atom stereocenters. The number of hydrogen-bond acceptors (Lipinski definition) is 2. The number of fused-ring (bicyclic) bond motifs is 1. The first kappa shape index (κ1) is 17.2. The maximum atomic E-state index is 13.0. The summed E-state index contributed by atoms with van der Waals surface area (Å²) in [6.07, 6.45) is 6.82. The molecular formula is C24H29NO2. The molecule has 0 heterocycles. The Morgan fingerprint density at radius 3 is 2.56 bits per heavy atom. The average molecular weight is 364 g/mol. The van der Waals surface area contributed by atoms with Gasteiger partial charge in [-0.3, -0.25) is 4.79 Å². The Bertz CT molecular complexity index is 870. The third kappa shape index (κ3) is 3.06. The zero-order valence-corrected chi connectivity index (χ0v) is 16.1. The van der Waals surface area contributed by atoms with E-state index < -0.39 is 5.60 Å². The lowest BCUT2D eigenvalue weighted by molar-refractivity contribution is -0.169. The molecule has 0 saturated heterocycles. The minimum atomic E-state index is -0.494. The highest BCUT2D eigenvalue weighted by molar-refractivity contribution is 5.87. The van der Waals surface area contributed by atoms with Crippen molar-refractivity contribution in [2.45, 2.75) is 63.5 Å². The molecule has 3 heteroatoms. The van der Waals surface area contributed by atoms with Crippen molar-refractivity contribution in [1.29, 1.82) is 0 Å². The van der Waals surface area contributed by atoms with Crippen LogP contribution in [0.5, 0.6) is 0 Å². The zero-order chi connectivity index (χ0) is 18.6. The minimum absolute atomic E-state index is 0.0133. The van der Waals surface area contributed by atoms with Crippen LogP contribution in [0.3, 0.4) is 0 Å². The van der Waals surface area contributed by atoms with Crippen LogP contribution in [-0.4, -0.2) is 16.6 Å². The molecule has 3 unspecified atom stereocenters. The molecule has 0 spiro atoms. The van der Waals surface area contributed by atoms with E-state index in [9.17, 15) is 9.90 Å². The molecule has 27 heavy (non-hydrogen) atoms. The maximum absolute atomic E-state index is 13.0. The molecule has 2 aromatic rings. The molecule has 6 rings (SSSR count). The van der Waals surface area contributed by atoms with E-state index in [4.69, 9.17) is 0 Å². The first-order valence-corrected chi connectivity index (χ1v) is 10.4. The summed E-state index contributed by atoms with van der Waals surface area (Å²) in [5.74, 6) is 1.39. The van der Waals surface area contributed by atoms with E-state index in [1.807, 2.05) is 6.07 Å². The molecule has 4 saturated carbocycles. The van der Waals surface area contributed by atoms with E-state index in [0.717, 1.165) is 32.1 Å². The number of aliphatic hydroxyl groups is 1. The van der Waals surface area contributed by atoms with Crippen LogP contribution in [0.1, 0.15) is 63.5 Å². The van der Waals surface area contributed by atoms with Gasteiger partial charge in [0.15, 0.2) is 0 Å². The van der Waals surface area contributed by atoms with Crippen LogP contribution in [0, 0.1) is 17.3 Å². The molecule has 4 aliphatic carbocycles. The van der Waals surface area contributed by atoms with Crippen LogP contribution in [0.15, 0.2) is 42.5 Å². The lowest BCUT2D eigenvalue weighted by atomic mass is 9.47. The van der Waals surface area contributed by atoms with Crippen LogP contribution in [0.4, 0.5) is 0 Å². The molecule has 0 aromatic heterocycles. The van der Waals surface area contributed by atoms with Crippen molar-refractivity contribution in [2.75, 3.05) is 0 Å². The van der Waals surface area contributed by atoms with Crippen molar-refractivity contribution in [2.24, 2.45) is 17.3 Å². The second kappa shape index (κ2) is 6.07. The number of nitrogens with one attached hydrogen (secondary N) is 1.